The molecule has 0 radical (unpaired) electrons. The molecule has 0 unspecified atom stereocenters. The van der Waals surface area contributed by atoms with Crippen molar-refractivity contribution in [3.63, 3.8) is 0 Å². The molecule has 1 saturated heterocycles. The number of rotatable bonds is 4. The topological polar surface area (TPSA) is 111 Å². The van der Waals surface area contributed by atoms with E-state index < -0.39 is 10.9 Å². The molecule has 1 amide bonds. The number of nitrogens with one attached hydrogen (secondary N) is 1. The number of nitrogens with zero attached hydrogens (tertiary/aromatic N) is 2. The smallest absolute Gasteiger partial charge is 0.340 e. The maximum atomic E-state index is 12.4. The number of carbonyl (C=O) groups excluding carboxylic acids is 2. The molecule has 9 heteroatoms. The fraction of sp³-hybridized carbons (Fsp3) is 0.105. The summed E-state index contributed by atoms with van der Waals surface area (Å²) in [5.41, 5.74) is 2.01. The number of hydrogen-bond acceptors (Lipinski definition) is 7. The van der Waals surface area contributed by atoms with Gasteiger partial charge in [0, 0.05) is 12.1 Å². The normalized spacial score (nSPS) is 16.6. The van der Waals surface area contributed by atoms with Gasteiger partial charge in [0.25, 0.3) is 11.6 Å². The number of nitro benzene ring substituents is 1. The van der Waals surface area contributed by atoms with Crippen molar-refractivity contribution in [2.24, 2.45) is 4.99 Å². The highest BCUT2D eigenvalue weighted by Crippen LogP contribution is 2.33. The highest BCUT2D eigenvalue weighted by molar-refractivity contribution is 8.18. The number of benzene rings is 2. The number of carbonyl (C=O) groups is 2. The Labute approximate surface area is 164 Å². The van der Waals surface area contributed by atoms with E-state index in [0.29, 0.717) is 26.9 Å². The minimum Gasteiger partial charge on any atom is -0.465 e. The maximum absolute atomic E-state index is 12.4. The van der Waals surface area contributed by atoms with Crippen LogP contribution in [0.2, 0.25) is 0 Å². The molecule has 0 atom stereocenters. The SMILES string of the molecule is COC(=O)c1ccccc1N=C1NC(=O)/C(=C(\C)c2ccc([N+](=O)[O-])cc2)S1. The monoisotopic (exact) mass is 397 g/mol. The van der Waals surface area contributed by atoms with Crippen LogP contribution in [-0.4, -0.2) is 29.1 Å². The van der Waals surface area contributed by atoms with Crippen molar-refractivity contribution in [1.29, 1.82) is 0 Å². The second-order valence-electron chi connectivity index (χ2n) is 5.74. The largest absolute Gasteiger partial charge is 0.465 e. The van der Waals surface area contributed by atoms with Crippen LogP contribution in [0.15, 0.2) is 58.4 Å². The molecule has 0 spiro atoms. The average molecular weight is 397 g/mol. The quantitative estimate of drug-likeness (QED) is 0.365. The van der Waals surface area contributed by atoms with Gasteiger partial charge in [-0.1, -0.05) is 12.1 Å². The molecule has 0 aromatic heterocycles. The Balaban J connectivity index is 1.91. The van der Waals surface area contributed by atoms with Crippen molar-refractivity contribution in [1.82, 2.24) is 5.32 Å². The van der Waals surface area contributed by atoms with Crippen molar-refractivity contribution >= 4 is 45.8 Å². The van der Waals surface area contributed by atoms with Crippen LogP contribution in [-0.2, 0) is 9.53 Å². The van der Waals surface area contributed by atoms with Crippen LogP contribution in [0.3, 0.4) is 0 Å². The van der Waals surface area contributed by atoms with Gasteiger partial charge in [0.05, 0.1) is 28.2 Å². The summed E-state index contributed by atoms with van der Waals surface area (Å²) in [5, 5.41) is 13.8. The third kappa shape index (κ3) is 3.94. The van der Waals surface area contributed by atoms with E-state index in [-0.39, 0.29) is 17.2 Å². The summed E-state index contributed by atoms with van der Waals surface area (Å²) in [6.07, 6.45) is 0. The van der Waals surface area contributed by atoms with Gasteiger partial charge in [-0.3, -0.25) is 14.9 Å². The predicted molar refractivity (Wildman–Crippen MR) is 106 cm³/mol. The molecule has 3 rings (SSSR count). The third-order valence-corrected chi connectivity index (χ3v) is 5.09. The molecule has 0 saturated carbocycles. The van der Waals surface area contributed by atoms with E-state index in [9.17, 15) is 19.7 Å². The molecular formula is C19H15N3O5S. The minimum absolute atomic E-state index is 0.0215. The molecule has 0 bridgehead atoms. The Hall–Kier alpha value is -3.46. The first-order chi connectivity index (χ1) is 13.4. The summed E-state index contributed by atoms with van der Waals surface area (Å²) in [7, 11) is 1.28. The summed E-state index contributed by atoms with van der Waals surface area (Å²) in [6, 6.07) is 12.6. The van der Waals surface area contributed by atoms with E-state index >= 15 is 0 Å². The summed E-state index contributed by atoms with van der Waals surface area (Å²) < 4.78 is 4.75. The van der Waals surface area contributed by atoms with E-state index in [1.54, 1.807) is 43.3 Å². The van der Waals surface area contributed by atoms with Gasteiger partial charge in [0.2, 0.25) is 0 Å². The number of non-ortho nitro benzene ring substituents is 1. The summed E-state index contributed by atoms with van der Waals surface area (Å²) >= 11 is 1.14. The van der Waals surface area contributed by atoms with Gasteiger partial charge in [-0.15, -0.1) is 0 Å². The molecular weight excluding hydrogens is 382 g/mol. The molecule has 1 N–H and O–H groups in total. The van der Waals surface area contributed by atoms with Crippen molar-refractivity contribution < 1.29 is 19.2 Å². The Bertz CT molecular complexity index is 1030. The van der Waals surface area contributed by atoms with E-state index in [4.69, 9.17) is 4.74 Å². The fourth-order valence-electron chi connectivity index (χ4n) is 2.55. The Morgan fingerprint density at radius 3 is 2.50 bits per heavy atom. The first-order valence-corrected chi connectivity index (χ1v) is 8.93. The van der Waals surface area contributed by atoms with Gasteiger partial charge in [0.15, 0.2) is 5.17 Å². The van der Waals surface area contributed by atoms with Gasteiger partial charge in [-0.25, -0.2) is 9.79 Å². The van der Waals surface area contributed by atoms with E-state index in [2.05, 4.69) is 10.3 Å². The standard InChI is InChI=1S/C19H15N3O5S/c1-11(12-7-9-13(10-8-12)22(25)26)16-17(23)21-19(28-16)20-15-6-4-3-5-14(15)18(24)27-2/h3-10H,1-2H3,(H,20,21,23)/b16-11-. The lowest BCUT2D eigenvalue weighted by Gasteiger charge is -2.04. The van der Waals surface area contributed by atoms with Crippen LogP contribution in [0.4, 0.5) is 11.4 Å². The van der Waals surface area contributed by atoms with Gasteiger partial charge in [-0.2, -0.15) is 0 Å². The zero-order valence-electron chi connectivity index (χ0n) is 15.0. The Morgan fingerprint density at radius 1 is 1.18 bits per heavy atom. The number of methoxy groups -OCH3 is 1. The highest BCUT2D eigenvalue weighted by Gasteiger charge is 2.27. The van der Waals surface area contributed by atoms with Gasteiger partial charge in [-0.05, 0) is 54.1 Å². The van der Waals surface area contributed by atoms with E-state index in [0.717, 1.165) is 11.8 Å². The molecule has 1 fully saturated rings. The first kappa shape index (κ1) is 19.3. The summed E-state index contributed by atoms with van der Waals surface area (Å²) in [6.45, 7) is 1.76. The second-order valence-corrected chi connectivity index (χ2v) is 6.74. The van der Waals surface area contributed by atoms with Crippen LogP contribution < -0.4 is 5.32 Å². The lowest BCUT2D eigenvalue weighted by molar-refractivity contribution is -0.384. The third-order valence-electron chi connectivity index (χ3n) is 4.01. The second kappa shape index (κ2) is 8.05. The van der Waals surface area contributed by atoms with E-state index in [1.807, 2.05) is 0 Å². The number of amidine groups is 1. The van der Waals surface area contributed by atoms with Crippen LogP contribution in [0, 0.1) is 10.1 Å². The number of allylic oxidation sites excluding steroid dienone is 1. The number of para-hydroxylation sites is 1. The number of thioether (sulfide) groups is 1. The summed E-state index contributed by atoms with van der Waals surface area (Å²) in [4.78, 5) is 39.3. The number of esters is 1. The first-order valence-electron chi connectivity index (χ1n) is 8.11. The minimum atomic E-state index is -0.521. The number of hydrogen-bond donors (Lipinski definition) is 1. The van der Waals surface area contributed by atoms with E-state index in [1.165, 1.54) is 19.2 Å². The molecule has 2 aromatic rings. The predicted octanol–water partition coefficient (Wildman–Crippen LogP) is 3.66. The molecule has 1 aliphatic rings. The lowest BCUT2D eigenvalue weighted by Crippen LogP contribution is -2.19. The van der Waals surface area contributed by atoms with Crippen molar-refractivity contribution in [2.75, 3.05) is 7.11 Å². The van der Waals surface area contributed by atoms with Gasteiger partial charge >= 0.3 is 5.97 Å². The Morgan fingerprint density at radius 2 is 1.86 bits per heavy atom. The molecule has 8 nitrogen and oxygen atoms in total. The van der Waals surface area contributed by atoms with Crippen molar-refractivity contribution in [2.45, 2.75) is 6.92 Å². The van der Waals surface area contributed by atoms with Crippen LogP contribution in [0.1, 0.15) is 22.8 Å². The molecule has 1 heterocycles. The van der Waals surface area contributed by atoms with Crippen molar-refractivity contribution in [3.8, 4) is 0 Å². The summed E-state index contributed by atoms with van der Waals surface area (Å²) in [5.74, 6) is -0.845. The highest BCUT2D eigenvalue weighted by atomic mass is 32.2. The average Bonchev–Trinajstić information content (AvgIpc) is 3.07. The molecule has 0 aliphatic carbocycles. The number of aliphatic imine (C=N–C) groups is 1. The number of amides is 1. The number of ether oxygens (including phenoxy) is 1. The van der Waals surface area contributed by atoms with Crippen LogP contribution >= 0.6 is 11.8 Å². The zero-order valence-corrected chi connectivity index (χ0v) is 15.8. The van der Waals surface area contributed by atoms with Gasteiger partial charge < -0.3 is 10.1 Å². The Kier molecular flexibility index (Phi) is 5.55. The van der Waals surface area contributed by atoms with Crippen LogP contribution in [0.25, 0.3) is 5.57 Å². The molecule has 2 aromatic carbocycles. The molecule has 28 heavy (non-hydrogen) atoms. The fourth-order valence-corrected chi connectivity index (χ4v) is 3.44. The molecule has 142 valence electrons. The molecule has 1 aliphatic heterocycles. The number of nitro groups is 1. The van der Waals surface area contributed by atoms with Crippen LogP contribution in [0.5, 0.6) is 0 Å². The zero-order chi connectivity index (χ0) is 20.3. The lowest BCUT2D eigenvalue weighted by atomic mass is 10.1. The maximum Gasteiger partial charge on any atom is 0.340 e. The van der Waals surface area contributed by atoms with Gasteiger partial charge in [0.1, 0.15) is 0 Å². The van der Waals surface area contributed by atoms with Crippen molar-refractivity contribution in [3.05, 3.63) is 74.7 Å².